The van der Waals surface area contributed by atoms with Gasteiger partial charge in [0, 0.05) is 10.9 Å². The van der Waals surface area contributed by atoms with Crippen molar-refractivity contribution >= 4 is 40.8 Å². The highest BCUT2D eigenvalue weighted by Crippen LogP contribution is 2.25. The second kappa shape index (κ2) is 4.70. The van der Waals surface area contributed by atoms with Gasteiger partial charge in [0.25, 0.3) is 0 Å². The van der Waals surface area contributed by atoms with Crippen LogP contribution in [0.5, 0.6) is 0 Å². The van der Waals surface area contributed by atoms with E-state index in [4.69, 9.17) is 11.6 Å². The van der Waals surface area contributed by atoms with Crippen LogP contribution in [0.4, 0.5) is 4.79 Å². The Morgan fingerprint density at radius 2 is 1.89 bits per heavy atom. The van der Waals surface area contributed by atoms with Crippen LogP contribution >= 0.6 is 22.9 Å². The van der Waals surface area contributed by atoms with Gasteiger partial charge in [0.2, 0.25) is 0 Å². The summed E-state index contributed by atoms with van der Waals surface area (Å²) in [6.07, 6.45) is 0. The topological polar surface area (TPSA) is 57.7 Å². The number of imide groups is 2. The summed E-state index contributed by atoms with van der Waals surface area (Å²) < 4.78 is 0.580. The quantitative estimate of drug-likeness (QED) is 0.631. The molecule has 5 nitrogen and oxygen atoms in total. The van der Waals surface area contributed by atoms with Crippen molar-refractivity contribution in [1.29, 1.82) is 0 Å². The van der Waals surface area contributed by atoms with Crippen molar-refractivity contribution in [3.63, 3.8) is 0 Å². The lowest BCUT2D eigenvalue weighted by Crippen LogP contribution is -2.37. The van der Waals surface area contributed by atoms with Crippen molar-refractivity contribution in [2.45, 2.75) is 26.4 Å². The zero-order valence-corrected chi connectivity index (χ0v) is 11.4. The summed E-state index contributed by atoms with van der Waals surface area (Å²) in [5, 5.41) is 0. The summed E-state index contributed by atoms with van der Waals surface area (Å²) in [6, 6.07) is 2.53. The number of amides is 4. The van der Waals surface area contributed by atoms with Gasteiger partial charge in [-0.3, -0.25) is 19.4 Å². The van der Waals surface area contributed by atoms with E-state index >= 15 is 0 Å². The molecule has 7 heteroatoms. The number of halogens is 1. The van der Waals surface area contributed by atoms with Gasteiger partial charge in [-0.05, 0) is 26.0 Å². The number of carbonyl (C=O) groups is 3. The highest BCUT2D eigenvalue weighted by atomic mass is 35.5. The van der Waals surface area contributed by atoms with Gasteiger partial charge in [0.15, 0.2) is 0 Å². The molecule has 0 aliphatic carbocycles. The Morgan fingerprint density at radius 3 is 2.33 bits per heavy atom. The Hall–Kier alpha value is -1.40. The fraction of sp³-hybridized carbons (Fsp3) is 0.364. The van der Waals surface area contributed by atoms with Crippen molar-refractivity contribution in [2.24, 2.45) is 0 Å². The van der Waals surface area contributed by atoms with E-state index in [0.29, 0.717) is 4.34 Å². The van der Waals surface area contributed by atoms with Crippen molar-refractivity contribution in [1.82, 2.24) is 9.80 Å². The second-order valence-electron chi connectivity index (χ2n) is 4.15. The minimum absolute atomic E-state index is 0.0873. The molecule has 96 valence electrons. The third-order valence-corrected chi connectivity index (χ3v) is 3.76. The Kier molecular flexibility index (Phi) is 3.41. The summed E-state index contributed by atoms with van der Waals surface area (Å²) in [5.41, 5.74) is 0. The molecular weight excluding hydrogens is 276 g/mol. The highest BCUT2D eigenvalue weighted by Gasteiger charge is 2.45. The molecule has 1 aliphatic rings. The molecule has 0 saturated carbocycles. The number of urea groups is 1. The van der Waals surface area contributed by atoms with E-state index in [0.717, 1.165) is 14.7 Å². The van der Waals surface area contributed by atoms with Gasteiger partial charge < -0.3 is 0 Å². The molecule has 1 saturated heterocycles. The maximum absolute atomic E-state index is 12.0. The van der Waals surface area contributed by atoms with E-state index in [1.807, 2.05) is 0 Å². The molecule has 1 fully saturated rings. The van der Waals surface area contributed by atoms with Gasteiger partial charge in [-0.2, -0.15) is 0 Å². The van der Waals surface area contributed by atoms with Crippen LogP contribution in [0, 0.1) is 0 Å². The number of hydrogen-bond donors (Lipinski definition) is 0. The molecular formula is C11H11ClN2O3S. The Bertz CT molecular complexity index is 526. The van der Waals surface area contributed by atoms with Gasteiger partial charge in [-0.1, -0.05) is 11.6 Å². The van der Waals surface area contributed by atoms with Gasteiger partial charge in [-0.15, -0.1) is 11.3 Å². The number of rotatable bonds is 3. The van der Waals surface area contributed by atoms with Gasteiger partial charge in [0.1, 0.15) is 0 Å². The molecule has 2 heterocycles. The predicted octanol–water partition coefficient (Wildman–Crippen LogP) is 2.10. The van der Waals surface area contributed by atoms with E-state index in [1.54, 1.807) is 26.0 Å². The first-order valence-corrected chi connectivity index (χ1v) is 6.54. The third-order valence-electron chi connectivity index (χ3n) is 2.54. The number of hydrogen-bond acceptors (Lipinski definition) is 4. The third kappa shape index (κ3) is 2.13. The van der Waals surface area contributed by atoms with E-state index in [9.17, 15) is 14.4 Å². The van der Waals surface area contributed by atoms with Crippen LogP contribution in [0.25, 0.3) is 0 Å². The summed E-state index contributed by atoms with van der Waals surface area (Å²) in [5.74, 6) is -1.55. The minimum atomic E-state index is -0.779. The SMILES string of the molecule is CC(C)N1C(=O)C(=O)N(Cc2ccc(Cl)s2)C1=O. The largest absolute Gasteiger partial charge is 0.334 e. The Labute approximate surface area is 113 Å². The zero-order chi connectivity index (χ0) is 13.4. The minimum Gasteiger partial charge on any atom is -0.263 e. The van der Waals surface area contributed by atoms with E-state index < -0.39 is 17.8 Å². The van der Waals surface area contributed by atoms with Crippen LogP contribution < -0.4 is 0 Å². The smallest absolute Gasteiger partial charge is 0.263 e. The molecule has 1 aromatic heterocycles. The average molecular weight is 287 g/mol. The number of nitrogens with zero attached hydrogens (tertiary/aromatic N) is 2. The molecule has 2 rings (SSSR count). The second-order valence-corrected chi connectivity index (χ2v) is 5.95. The fourth-order valence-corrected chi connectivity index (χ4v) is 2.79. The molecule has 18 heavy (non-hydrogen) atoms. The molecule has 4 amide bonds. The maximum atomic E-state index is 12.0. The summed E-state index contributed by atoms with van der Waals surface area (Å²) >= 11 is 7.06. The first kappa shape index (κ1) is 13.0. The van der Waals surface area contributed by atoms with Crippen LogP contribution in [-0.4, -0.2) is 33.7 Å². The number of carbonyl (C=O) groups excluding carboxylic acids is 3. The van der Waals surface area contributed by atoms with Crippen LogP contribution in [-0.2, 0) is 16.1 Å². The summed E-state index contributed by atoms with van der Waals surface area (Å²) in [6.45, 7) is 3.47. The normalized spacial score (nSPS) is 16.3. The first-order valence-electron chi connectivity index (χ1n) is 5.35. The predicted molar refractivity (Wildman–Crippen MR) is 67.3 cm³/mol. The average Bonchev–Trinajstić information content (AvgIpc) is 2.77. The van der Waals surface area contributed by atoms with Gasteiger partial charge in [-0.25, -0.2) is 4.79 Å². The lowest BCUT2D eigenvalue weighted by molar-refractivity contribution is -0.144. The maximum Gasteiger partial charge on any atom is 0.334 e. The van der Waals surface area contributed by atoms with E-state index in [2.05, 4.69) is 0 Å². The Balaban J connectivity index is 2.21. The molecule has 0 aromatic carbocycles. The molecule has 1 aliphatic heterocycles. The standard InChI is InChI=1S/C11H11ClN2O3S/c1-6(2)14-10(16)9(15)13(11(14)17)5-7-3-4-8(12)18-7/h3-4,6H,5H2,1-2H3. The monoisotopic (exact) mass is 286 g/mol. The van der Waals surface area contributed by atoms with Crippen molar-refractivity contribution in [3.05, 3.63) is 21.3 Å². The first-order chi connectivity index (χ1) is 8.41. The van der Waals surface area contributed by atoms with Gasteiger partial charge in [0.05, 0.1) is 10.9 Å². The summed E-state index contributed by atoms with van der Waals surface area (Å²) in [4.78, 5) is 38.0. The molecule has 0 N–H and O–H groups in total. The van der Waals surface area contributed by atoms with Crippen molar-refractivity contribution in [3.8, 4) is 0 Å². The summed E-state index contributed by atoms with van der Waals surface area (Å²) in [7, 11) is 0. The zero-order valence-electron chi connectivity index (χ0n) is 9.84. The molecule has 0 atom stereocenters. The van der Waals surface area contributed by atoms with Crippen LogP contribution in [0.15, 0.2) is 12.1 Å². The lowest BCUT2D eigenvalue weighted by atomic mass is 10.3. The number of thiophene rings is 1. The van der Waals surface area contributed by atoms with E-state index in [-0.39, 0.29) is 12.6 Å². The highest BCUT2D eigenvalue weighted by molar-refractivity contribution is 7.16. The van der Waals surface area contributed by atoms with Gasteiger partial charge >= 0.3 is 17.8 Å². The molecule has 0 spiro atoms. The van der Waals surface area contributed by atoms with E-state index in [1.165, 1.54) is 11.3 Å². The molecule has 0 bridgehead atoms. The fourth-order valence-electron chi connectivity index (χ4n) is 1.71. The van der Waals surface area contributed by atoms with Crippen LogP contribution in [0.1, 0.15) is 18.7 Å². The lowest BCUT2D eigenvalue weighted by Gasteiger charge is -2.17. The Morgan fingerprint density at radius 1 is 1.22 bits per heavy atom. The molecule has 1 aromatic rings. The van der Waals surface area contributed by atoms with Crippen LogP contribution in [0.3, 0.4) is 0 Å². The molecule has 0 unspecified atom stereocenters. The molecule has 0 radical (unpaired) electrons. The van der Waals surface area contributed by atoms with Crippen molar-refractivity contribution < 1.29 is 14.4 Å². The van der Waals surface area contributed by atoms with Crippen molar-refractivity contribution in [2.75, 3.05) is 0 Å². The van der Waals surface area contributed by atoms with Crippen LogP contribution in [0.2, 0.25) is 4.34 Å².